The third-order valence-electron chi connectivity index (χ3n) is 2.78. The molecule has 0 unspecified atom stereocenters. The van der Waals surface area contributed by atoms with Gasteiger partial charge in [0.2, 0.25) is 5.95 Å². The van der Waals surface area contributed by atoms with Gasteiger partial charge in [-0.1, -0.05) is 11.6 Å². The van der Waals surface area contributed by atoms with E-state index in [9.17, 15) is 4.39 Å². The van der Waals surface area contributed by atoms with Gasteiger partial charge in [-0.25, -0.2) is 9.37 Å². The van der Waals surface area contributed by atoms with Crippen LogP contribution in [0.4, 0.5) is 10.3 Å². The van der Waals surface area contributed by atoms with E-state index in [1.807, 2.05) is 6.92 Å². The summed E-state index contributed by atoms with van der Waals surface area (Å²) in [7, 11) is 0. The summed E-state index contributed by atoms with van der Waals surface area (Å²) in [5.41, 5.74) is 1.76. The number of fused-ring (bicyclic) bond motifs is 1. The summed E-state index contributed by atoms with van der Waals surface area (Å²) in [5.74, 6) is 0.0485. The maximum absolute atomic E-state index is 13.5. The summed E-state index contributed by atoms with van der Waals surface area (Å²) < 4.78 is 13.5. The Morgan fingerprint density at radius 1 is 1.30 bits per heavy atom. The van der Waals surface area contributed by atoms with Crippen LogP contribution in [0.2, 0.25) is 5.02 Å². The predicted molar refractivity (Wildman–Crippen MR) is 76.3 cm³/mol. The van der Waals surface area contributed by atoms with Crippen molar-refractivity contribution in [3.8, 4) is 11.3 Å². The van der Waals surface area contributed by atoms with E-state index < -0.39 is 5.82 Å². The van der Waals surface area contributed by atoms with Crippen LogP contribution in [0.15, 0.2) is 24.4 Å². The van der Waals surface area contributed by atoms with Gasteiger partial charge in [0.15, 0.2) is 5.65 Å². The molecule has 0 aliphatic heterocycles. The van der Waals surface area contributed by atoms with Crippen LogP contribution >= 0.6 is 11.6 Å². The molecule has 0 atom stereocenters. The lowest BCUT2D eigenvalue weighted by atomic mass is 10.1. The third-order valence-corrected chi connectivity index (χ3v) is 3.00. The van der Waals surface area contributed by atoms with E-state index in [1.165, 1.54) is 12.1 Å². The molecule has 1 aromatic carbocycles. The molecule has 3 rings (SSSR count). The van der Waals surface area contributed by atoms with E-state index in [1.54, 1.807) is 12.3 Å². The number of anilines is 1. The van der Waals surface area contributed by atoms with Crippen LogP contribution in [0.1, 0.15) is 6.92 Å². The number of hydrogen-bond donors (Lipinski definition) is 2. The largest absolute Gasteiger partial charge is 0.354 e. The maximum atomic E-state index is 13.5. The molecule has 2 heterocycles. The van der Waals surface area contributed by atoms with Crippen molar-refractivity contribution in [3.05, 3.63) is 35.2 Å². The van der Waals surface area contributed by atoms with E-state index in [0.717, 1.165) is 0 Å². The minimum absolute atomic E-state index is 0.320. The average Bonchev–Trinajstić information content (AvgIpc) is 2.85. The maximum Gasteiger partial charge on any atom is 0.225 e. The van der Waals surface area contributed by atoms with Gasteiger partial charge in [0.25, 0.3) is 0 Å². The lowest BCUT2D eigenvalue weighted by molar-refractivity contribution is 0.628. The van der Waals surface area contributed by atoms with Crippen molar-refractivity contribution in [2.75, 3.05) is 11.9 Å². The van der Waals surface area contributed by atoms with Gasteiger partial charge >= 0.3 is 0 Å². The first-order valence-electron chi connectivity index (χ1n) is 6.09. The highest BCUT2D eigenvalue weighted by Gasteiger charge is 2.12. The molecule has 0 radical (unpaired) electrons. The molecular weight excluding hydrogens is 281 g/mol. The molecule has 0 spiro atoms. The number of nitrogens with zero attached hydrogens (tertiary/aromatic N) is 3. The van der Waals surface area contributed by atoms with Gasteiger partial charge in [0.1, 0.15) is 5.82 Å². The fourth-order valence-corrected chi connectivity index (χ4v) is 2.20. The van der Waals surface area contributed by atoms with Crippen LogP contribution < -0.4 is 5.32 Å². The number of hydrogen-bond acceptors (Lipinski definition) is 4. The molecule has 0 fully saturated rings. The Bertz CT molecular complexity index is 750. The number of aromatic nitrogens is 4. The number of nitrogens with one attached hydrogen (secondary N) is 2. The third kappa shape index (κ3) is 2.30. The zero-order valence-corrected chi connectivity index (χ0v) is 11.4. The quantitative estimate of drug-likeness (QED) is 0.777. The van der Waals surface area contributed by atoms with E-state index in [-0.39, 0.29) is 0 Å². The second-order valence-electron chi connectivity index (χ2n) is 4.22. The van der Waals surface area contributed by atoms with Crippen molar-refractivity contribution in [3.63, 3.8) is 0 Å². The Labute approximate surface area is 119 Å². The number of halogens is 2. The van der Waals surface area contributed by atoms with Gasteiger partial charge < -0.3 is 5.32 Å². The fraction of sp³-hybridized carbons (Fsp3) is 0.154. The van der Waals surface area contributed by atoms with Crippen molar-refractivity contribution in [1.82, 2.24) is 20.2 Å². The number of H-pyrrole nitrogens is 1. The SMILES string of the molecule is CCNc1nc(-c2cc(F)cc(Cl)c2)c2cn[nH]c2n1. The zero-order chi connectivity index (χ0) is 14.1. The summed E-state index contributed by atoms with van der Waals surface area (Å²) in [5, 5.41) is 10.8. The average molecular weight is 292 g/mol. The number of aromatic amines is 1. The Balaban J connectivity index is 2.25. The monoisotopic (exact) mass is 291 g/mol. The summed E-state index contributed by atoms with van der Waals surface area (Å²) in [6, 6.07) is 4.30. The number of benzene rings is 1. The molecule has 102 valence electrons. The molecule has 0 amide bonds. The highest BCUT2D eigenvalue weighted by Crippen LogP contribution is 2.28. The van der Waals surface area contributed by atoms with Gasteiger partial charge in [0, 0.05) is 17.1 Å². The summed E-state index contributed by atoms with van der Waals surface area (Å²) in [6.45, 7) is 2.63. The Hall–Kier alpha value is -2.21. The minimum Gasteiger partial charge on any atom is -0.354 e. The molecule has 0 aliphatic carbocycles. The molecule has 5 nitrogen and oxygen atoms in total. The Morgan fingerprint density at radius 2 is 2.15 bits per heavy atom. The Kier molecular flexibility index (Phi) is 3.23. The fourth-order valence-electron chi connectivity index (χ4n) is 1.98. The molecule has 2 N–H and O–H groups in total. The van der Waals surface area contributed by atoms with Gasteiger partial charge in [-0.05, 0) is 25.1 Å². The lowest BCUT2D eigenvalue weighted by Gasteiger charge is -2.07. The smallest absolute Gasteiger partial charge is 0.225 e. The van der Waals surface area contributed by atoms with Crippen molar-refractivity contribution >= 4 is 28.6 Å². The molecular formula is C13H11ClFN5. The molecule has 20 heavy (non-hydrogen) atoms. The van der Waals surface area contributed by atoms with E-state index in [2.05, 4.69) is 25.5 Å². The molecule has 2 aromatic heterocycles. The normalized spacial score (nSPS) is 10.9. The van der Waals surface area contributed by atoms with Gasteiger partial charge in [-0.15, -0.1) is 0 Å². The second-order valence-corrected chi connectivity index (χ2v) is 4.65. The van der Waals surface area contributed by atoms with Crippen LogP contribution in [0.25, 0.3) is 22.3 Å². The van der Waals surface area contributed by atoms with Crippen molar-refractivity contribution in [2.24, 2.45) is 0 Å². The van der Waals surface area contributed by atoms with Crippen molar-refractivity contribution in [1.29, 1.82) is 0 Å². The van der Waals surface area contributed by atoms with Gasteiger partial charge in [-0.3, -0.25) is 5.10 Å². The summed E-state index contributed by atoms with van der Waals surface area (Å²) >= 11 is 5.90. The molecule has 3 aromatic rings. The van der Waals surface area contributed by atoms with Crippen LogP contribution in [0.5, 0.6) is 0 Å². The van der Waals surface area contributed by atoms with Gasteiger partial charge in [0.05, 0.1) is 17.3 Å². The van der Waals surface area contributed by atoms with Crippen molar-refractivity contribution in [2.45, 2.75) is 6.92 Å². The first kappa shape index (κ1) is 12.8. The first-order chi connectivity index (χ1) is 9.67. The van der Waals surface area contributed by atoms with E-state index in [4.69, 9.17) is 11.6 Å². The van der Waals surface area contributed by atoms with E-state index >= 15 is 0 Å². The standard InChI is InChI=1S/C13H11ClFN5/c1-2-16-13-18-11(10-6-17-20-12(10)19-13)7-3-8(14)5-9(15)4-7/h3-6H,2H2,1H3,(H2,16,17,18,19,20). The lowest BCUT2D eigenvalue weighted by Crippen LogP contribution is -2.03. The van der Waals surface area contributed by atoms with Gasteiger partial charge in [-0.2, -0.15) is 10.1 Å². The highest BCUT2D eigenvalue weighted by atomic mass is 35.5. The predicted octanol–water partition coefficient (Wildman–Crippen LogP) is 3.24. The van der Waals surface area contributed by atoms with Crippen LogP contribution in [0, 0.1) is 5.82 Å². The Morgan fingerprint density at radius 3 is 2.90 bits per heavy atom. The molecule has 0 saturated heterocycles. The number of rotatable bonds is 3. The summed E-state index contributed by atoms with van der Waals surface area (Å²) in [6.07, 6.45) is 1.61. The van der Waals surface area contributed by atoms with E-state index in [0.29, 0.717) is 39.8 Å². The first-order valence-corrected chi connectivity index (χ1v) is 6.46. The second kappa shape index (κ2) is 5.05. The molecule has 0 saturated carbocycles. The van der Waals surface area contributed by atoms with Crippen LogP contribution in [-0.2, 0) is 0 Å². The molecule has 0 bridgehead atoms. The summed E-state index contributed by atoms with van der Waals surface area (Å²) in [4.78, 5) is 8.70. The minimum atomic E-state index is -0.409. The highest BCUT2D eigenvalue weighted by molar-refractivity contribution is 6.30. The van der Waals surface area contributed by atoms with Crippen molar-refractivity contribution < 1.29 is 4.39 Å². The molecule has 7 heteroatoms. The zero-order valence-electron chi connectivity index (χ0n) is 10.6. The van der Waals surface area contributed by atoms with Crippen LogP contribution in [0.3, 0.4) is 0 Å². The topological polar surface area (TPSA) is 66.5 Å². The van der Waals surface area contributed by atoms with Crippen LogP contribution in [-0.4, -0.2) is 26.7 Å². The molecule has 0 aliphatic rings.